The molecule has 5 heteroatoms. The molecule has 4 rings (SSSR count). The molecule has 1 saturated heterocycles. The Balaban J connectivity index is 1.45. The number of hydrogen-bond acceptors (Lipinski definition) is 4. The molecule has 1 N–H and O–H groups in total. The van der Waals surface area contributed by atoms with Crippen LogP contribution in [-0.2, 0) is 0 Å². The monoisotopic (exact) mass is 349 g/mol. The second-order valence-electron chi connectivity index (χ2n) is 6.94. The molecule has 0 aliphatic carbocycles. The van der Waals surface area contributed by atoms with Crippen molar-refractivity contribution < 1.29 is 9.21 Å². The zero-order valence-corrected chi connectivity index (χ0v) is 15.2. The average molecular weight is 349 g/mol. The molecular weight excluding hydrogens is 326 g/mol. The maximum absolute atomic E-state index is 12.5. The SMILES string of the molecule is Cc1ccc2cc(C(=O)Nc3ccc(N4CCN(C)CC4)cc3)oc2c1. The largest absolute Gasteiger partial charge is 0.451 e. The summed E-state index contributed by atoms with van der Waals surface area (Å²) in [6.07, 6.45) is 0. The van der Waals surface area contributed by atoms with Gasteiger partial charge in [0.1, 0.15) is 5.58 Å². The lowest BCUT2D eigenvalue weighted by Gasteiger charge is -2.34. The van der Waals surface area contributed by atoms with Crippen molar-refractivity contribution in [3.8, 4) is 0 Å². The Hall–Kier alpha value is -2.79. The van der Waals surface area contributed by atoms with Gasteiger partial charge in [-0.3, -0.25) is 4.79 Å². The Labute approximate surface area is 153 Å². The van der Waals surface area contributed by atoms with E-state index in [0.717, 1.165) is 48.4 Å². The van der Waals surface area contributed by atoms with E-state index in [9.17, 15) is 4.79 Å². The lowest BCUT2D eigenvalue weighted by Crippen LogP contribution is -2.44. The van der Waals surface area contributed by atoms with Crippen molar-refractivity contribution in [1.82, 2.24) is 4.90 Å². The number of furan rings is 1. The summed E-state index contributed by atoms with van der Waals surface area (Å²) in [5.74, 6) is 0.0972. The van der Waals surface area contributed by atoms with Crippen LogP contribution in [0.25, 0.3) is 11.0 Å². The number of nitrogens with zero attached hydrogens (tertiary/aromatic N) is 2. The molecule has 0 spiro atoms. The summed E-state index contributed by atoms with van der Waals surface area (Å²) < 4.78 is 5.69. The molecule has 1 aromatic heterocycles. The third-order valence-corrected chi connectivity index (χ3v) is 4.89. The van der Waals surface area contributed by atoms with Gasteiger partial charge >= 0.3 is 0 Å². The van der Waals surface area contributed by atoms with Crippen LogP contribution >= 0.6 is 0 Å². The quantitative estimate of drug-likeness (QED) is 0.782. The van der Waals surface area contributed by atoms with Crippen molar-refractivity contribution in [2.24, 2.45) is 0 Å². The van der Waals surface area contributed by atoms with Crippen LogP contribution < -0.4 is 10.2 Å². The number of anilines is 2. The van der Waals surface area contributed by atoms with E-state index in [4.69, 9.17) is 4.42 Å². The fraction of sp³-hybridized carbons (Fsp3) is 0.286. The topological polar surface area (TPSA) is 48.7 Å². The highest BCUT2D eigenvalue weighted by molar-refractivity contribution is 6.04. The number of rotatable bonds is 3. The molecule has 134 valence electrons. The third-order valence-electron chi connectivity index (χ3n) is 4.89. The van der Waals surface area contributed by atoms with Gasteiger partial charge in [0.25, 0.3) is 5.91 Å². The minimum absolute atomic E-state index is 0.230. The van der Waals surface area contributed by atoms with Crippen LogP contribution in [0, 0.1) is 6.92 Å². The number of piperazine rings is 1. The smallest absolute Gasteiger partial charge is 0.291 e. The highest BCUT2D eigenvalue weighted by atomic mass is 16.3. The zero-order chi connectivity index (χ0) is 18.1. The minimum atomic E-state index is -0.230. The van der Waals surface area contributed by atoms with Crippen molar-refractivity contribution in [3.63, 3.8) is 0 Å². The van der Waals surface area contributed by atoms with Crippen molar-refractivity contribution in [3.05, 3.63) is 59.9 Å². The Morgan fingerprint density at radius 3 is 2.46 bits per heavy atom. The van der Waals surface area contributed by atoms with Gasteiger partial charge in [-0.1, -0.05) is 12.1 Å². The second kappa shape index (κ2) is 6.84. The number of carbonyl (C=O) groups excluding carboxylic acids is 1. The first-order valence-corrected chi connectivity index (χ1v) is 8.93. The standard InChI is InChI=1S/C21H23N3O2/c1-15-3-4-16-14-20(26-19(16)13-15)21(25)22-17-5-7-18(8-6-17)24-11-9-23(2)10-12-24/h3-8,13-14H,9-12H2,1-2H3,(H,22,25). The van der Waals surface area contributed by atoms with Gasteiger partial charge in [0.05, 0.1) is 0 Å². The van der Waals surface area contributed by atoms with Gasteiger partial charge in [-0.2, -0.15) is 0 Å². The van der Waals surface area contributed by atoms with Crippen LogP contribution in [0.2, 0.25) is 0 Å². The van der Waals surface area contributed by atoms with Gasteiger partial charge in [-0.25, -0.2) is 0 Å². The van der Waals surface area contributed by atoms with Crippen molar-refractivity contribution in [2.75, 3.05) is 43.4 Å². The Morgan fingerprint density at radius 2 is 1.73 bits per heavy atom. The van der Waals surface area contributed by atoms with E-state index in [1.54, 1.807) is 6.07 Å². The number of aryl methyl sites for hydroxylation is 1. The normalized spacial score (nSPS) is 15.4. The summed E-state index contributed by atoms with van der Waals surface area (Å²) in [4.78, 5) is 17.2. The zero-order valence-electron chi connectivity index (χ0n) is 15.2. The van der Waals surface area contributed by atoms with E-state index in [2.05, 4.69) is 34.3 Å². The molecule has 5 nitrogen and oxygen atoms in total. The molecule has 3 aromatic rings. The lowest BCUT2D eigenvalue weighted by molar-refractivity contribution is 0.0998. The first-order chi connectivity index (χ1) is 12.6. The van der Waals surface area contributed by atoms with E-state index < -0.39 is 0 Å². The molecule has 1 fully saturated rings. The number of likely N-dealkylation sites (N-methyl/N-ethyl adjacent to an activating group) is 1. The van der Waals surface area contributed by atoms with E-state index in [1.165, 1.54) is 5.69 Å². The van der Waals surface area contributed by atoms with Crippen molar-refractivity contribution >= 4 is 28.3 Å². The van der Waals surface area contributed by atoms with Crippen LogP contribution in [-0.4, -0.2) is 44.0 Å². The molecule has 26 heavy (non-hydrogen) atoms. The molecule has 0 radical (unpaired) electrons. The Kier molecular flexibility index (Phi) is 4.39. The predicted molar refractivity (Wildman–Crippen MR) is 105 cm³/mol. The van der Waals surface area contributed by atoms with Gasteiger partial charge in [-0.05, 0) is 55.9 Å². The number of benzene rings is 2. The molecule has 1 aliphatic heterocycles. The Morgan fingerprint density at radius 1 is 1.00 bits per heavy atom. The van der Waals surface area contributed by atoms with E-state index in [1.807, 2.05) is 37.3 Å². The molecule has 0 saturated carbocycles. The Bertz CT molecular complexity index is 922. The average Bonchev–Trinajstić information content (AvgIpc) is 3.06. The second-order valence-corrected chi connectivity index (χ2v) is 6.94. The third kappa shape index (κ3) is 3.44. The van der Waals surface area contributed by atoms with Crippen molar-refractivity contribution in [2.45, 2.75) is 6.92 Å². The molecule has 0 unspecified atom stereocenters. The summed E-state index contributed by atoms with van der Waals surface area (Å²) in [5.41, 5.74) is 3.80. The molecule has 1 amide bonds. The van der Waals surface area contributed by atoms with Gasteiger partial charge in [0.2, 0.25) is 0 Å². The number of hydrogen-bond donors (Lipinski definition) is 1. The fourth-order valence-corrected chi connectivity index (χ4v) is 3.26. The summed E-state index contributed by atoms with van der Waals surface area (Å²) in [7, 11) is 2.15. The molecule has 1 aliphatic rings. The number of amides is 1. The van der Waals surface area contributed by atoms with E-state index in [-0.39, 0.29) is 5.91 Å². The van der Waals surface area contributed by atoms with Gasteiger partial charge in [-0.15, -0.1) is 0 Å². The molecule has 2 heterocycles. The van der Waals surface area contributed by atoms with Gasteiger partial charge in [0.15, 0.2) is 5.76 Å². The molecule has 2 aromatic carbocycles. The summed E-state index contributed by atoms with van der Waals surface area (Å²) in [6, 6.07) is 15.7. The van der Waals surface area contributed by atoms with Gasteiger partial charge in [0, 0.05) is 42.9 Å². The number of carbonyl (C=O) groups is 1. The van der Waals surface area contributed by atoms with E-state index >= 15 is 0 Å². The van der Waals surface area contributed by atoms with Crippen LogP contribution in [0.3, 0.4) is 0 Å². The van der Waals surface area contributed by atoms with Crippen LogP contribution in [0.4, 0.5) is 11.4 Å². The molecular formula is C21H23N3O2. The fourth-order valence-electron chi connectivity index (χ4n) is 3.26. The molecule has 0 atom stereocenters. The van der Waals surface area contributed by atoms with Crippen LogP contribution in [0.15, 0.2) is 52.9 Å². The molecule has 0 bridgehead atoms. The van der Waals surface area contributed by atoms with Crippen LogP contribution in [0.5, 0.6) is 0 Å². The van der Waals surface area contributed by atoms with Gasteiger partial charge < -0.3 is 19.5 Å². The predicted octanol–water partition coefficient (Wildman–Crippen LogP) is 3.75. The van der Waals surface area contributed by atoms with E-state index in [0.29, 0.717) is 5.76 Å². The highest BCUT2D eigenvalue weighted by Gasteiger charge is 2.15. The first-order valence-electron chi connectivity index (χ1n) is 8.93. The maximum Gasteiger partial charge on any atom is 0.291 e. The number of fused-ring (bicyclic) bond motifs is 1. The summed E-state index contributed by atoms with van der Waals surface area (Å²) >= 11 is 0. The summed E-state index contributed by atoms with van der Waals surface area (Å²) in [6.45, 7) is 6.21. The first kappa shape index (κ1) is 16.7. The van der Waals surface area contributed by atoms with Crippen LogP contribution in [0.1, 0.15) is 16.1 Å². The summed E-state index contributed by atoms with van der Waals surface area (Å²) in [5, 5.41) is 3.85. The number of nitrogens with one attached hydrogen (secondary N) is 1. The van der Waals surface area contributed by atoms with Crippen molar-refractivity contribution in [1.29, 1.82) is 0 Å². The highest BCUT2D eigenvalue weighted by Crippen LogP contribution is 2.23. The minimum Gasteiger partial charge on any atom is -0.451 e. The lowest BCUT2D eigenvalue weighted by atomic mass is 10.2. The maximum atomic E-state index is 12.5.